The molecule has 0 aliphatic rings. The molecule has 3 amide bonds. The molecule has 0 heterocycles. The minimum atomic E-state index is -1.48. The van der Waals surface area contributed by atoms with Crippen LogP contribution in [0.3, 0.4) is 0 Å². The average Bonchev–Trinajstić information content (AvgIpc) is 2.74. The molecule has 1 rings (SSSR count). The van der Waals surface area contributed by atoms with Crippen LogP contribution in [0.1, 0.15) is 38.7 Å². The minimum Gasteiger partial charge on any atom is -0.508 e. The van der Waals surface area contributed by atoms with Crippen LogP contribution in [0.25, 0.3) is 0 Å². The Balaban J connectivity index is 2.88. The van der Waals surface area contributed by atoms with E-state index in [0.717, 1.165) is 0 Å². The van der Waals surface area contributed by atoms with Crippen LogP contribution in [0.2, 0.25) is 0 Å². The first-order chi connectivity index (χ1) is 15.9. The van der Waals surface area contributed by atoms with Crippen LogP contribution in [0.4, 0.5) is 0 Å². The number of carbonyl (C=O) groups is 5. The van der Waals surface area contributed by atoms with Crippen LogP contribution in [-0.2, 0) is 30.4 Å². The SMILES string of the molecule is CC(C)CC(N)C(=O)NCC(=O)NC(Cc1ccc(O)cc1)C(=O)NC(CCC(=O)O)C(=O)O. The number of carboxylic acids is 2. The molecular weight excluding hydrogens is 448 g/mol. The van der Waals surface area contributed by atoms with Crippen molar-refractivity contribution in [2.45, 2.75) is 57.7 Å². The number of carbonyl (C=O) groups excluding carboxylic acids is 3. The third kappa shape index (κ3) is 10.8. The molecule has 0 radical (unpaired) electrons. The number of amides is 3. The molecule has 0 aliphatic carbocycles. The molecule has 0 aliphatic heterocycles. The van der Waals surface area contributed by atoms with Gasteiger partial charge in [-0.25, -0.2) is 4.79 Å². The topological polar surface area (TPSA) is 208 Å². The zero-order chi connectivity index (χ0) is 25.8. The molecule has 0 aromatic heterocycles. The number of hydrogen-bond acceptors (Lipinski definition) is 7. The third-order valence-electron chi connectivity index (χ3n) is 4.77. The number of rotatable bonds is 14. The third-order valence-corrected chi connectivity index (χ3v) is 4.77. The summed E-state index contributed by atoms with van der Waals surface area (Å²) in [6.07, 6.45) is -0.453. The molecule has 3 atom stereocenters. The smallest absolute Gasteiger partial charge is 0.326 e. The number of hydrogen-bond donors (Lipinski definition) is 7. The molecule has 1 aromatic carbocycles. The van der Waals surface area contributed by atoms with Crippen molar-refractivity contribution < 1.29 is 39.3 Å². The van der Waals surface area contributed by atoms with Crippen molar-refractivity contribution in [3.8, 4) is 5.75 Å². The summed E-state index contributed by atoms with van der Waals surface area (Å²) in [4.78, 5) is 59.4. The average molecular weight is 481 g/mol. The Labute approximate surface area is 196 Å². The zero-order valence-corrected chi connectivity index (χ0v) is 19.1. The van der Waals surface area contributed by atoms with E-state index in [9.17, 15) is 34.2 Å². The monoisotopic (exact) mass is 480 g/mol. The zero-order valence-electron chi connectivity index (χ0n) is 19.1. The fraction of sp³-hybridized carbons (Fsp3) is 0.500. The molecule has 0 saturated heterocycles. The van der Waals surface area contributed by atoms with Crippen molar-refractivity contribution in [2.24, 2.45) is 11.7 Å². The van der Waals surface area contributed by atoms with Gasteiger partial charge in [0.25, 0.3) is 0 Å². The van der Waals surface area contributed by atoms with E-state index in [0.29, 0.717) is 12.0 Å². The highest BCUT2D eigenvalue weighted by molar-refractivity contribution is 5.92. The Kier molecular flexibility index (Phi) is 11.5. The van der Waals surface area contributed by atoms with Gasteiger partial charge in [-0.1, -0.05) is 26.0 Å². The van der Waals surface area contributed by atoms with Gasteiger partial charge in [0.1, 0.15) is 17.8 Å². The molecule has 1 aromatic rings. The first kappa shape index (κ1) is 28.4. The predicted octanol–water partition coefficient (Wildman–Crippen LogP) is -0.657. The van der Waals surface area contributed by atoms with Gasteiger partial charge >= 0.3 is 11.9 Å². The van der Waals surface area contributed by atoms with Crippen LogP contribution < -0.4 is 21.7 Å². The molecular formula is C22H32N4O8. The van der Waals surface area contributed by atoms with Crippen molar-refractivity contribution in [2.75, 3.05) is 6.54 Å². The van der Waals surface area contributed by atoms with Crippen LogP contribution >= 0.6 is 0 Å². The summed E-state index contributed by atoms with van der Waals surface area (Å²) in [7, 11) is 0. The first-order valence-electron chi connectivity index (χ1n) is 10.7. The van der Waals surface area contributed by atoms with E-state index in [1.165, 1.54) is 24.3 Å². The van der Waals surface area contributed by atoms with Gasteiger partial charge in [-0.05, 0) is 36.5 Å². The summed E-state index contributed by atoms with van der Waals surface area (Å²) >= 11 is 0. The Hall–Kier alpha value is -3.67. The van der Waals surface area contributed by atoms with Crippen LogP contribution in [0.15, 0.2) is 24.3 Å². The standard InChI is InChI=1S/C22H32N4O8/c1-12(2)9-15(23)20(31)24-11-18(28)25-17(10-13-3-5-14(27)6-4-13)21(32)26-16(22(33)34)7-8-19(29)30/h3-6,12,15-17,27H,7-11,23H2,1-2H3,(H,24,31)(H,25,28)(H,26,32)(H,29,30)(H,33,34). The molecule has 0 fully saturated rings. The molecule has 34 heavy (non-hydrogen) atoms. The summed E-state index contributed by atoms with van der Waals surface area (Å²) in [5.74, 6) is -4.55. The Bertz CT molecular complexity index is 872. The van der Waals surface area contributed by atoms with Gasteiger partial charge in [0.2, 0.25) is 17.7 Å². The maximum atomic E-state index is 12.8. The number of benzene rings is 1. The van der Waals surface area contributed by atoms with Crippen molar-refractivity contribution in [3.05, 3.63) is 29.8 Å². The van der Waals surface area contributed by atoms with Crippen LogP contribution in [0, 0.1) is 5.92 Å². The lowest BCUT2D eigenvalue weighted by molar-refractivity contribution is -0.143. The lowest BCUT2D eigenvalue weighted by Gasteiger charge is -2.22. The minimum absolute atomic E-state index is 0.00570. The van der Waals surface area contributed by atoms with Gasteiger partial charge < -0.3 is 37.0 Å². The van der Waals surface area contributed by atoms with Gasteiger partial charge in [0.05, 0.1) is 12.6 Å². The van der Waals surface area contributed by atoms with E-state index >= 15 is 0 Å². The fourth-order valence-corrected chi connectivity index (χ4v) is 3.03. The summed E-state index contributed by atoms with van der Waals surface area (Å²) in [5, 5.41) is 34.6. The Morgan fingerprint density at radius 1 is 0.941 bits per heavy atom. The van der Waals surface area contributed by atoms with Gasteiger partial charge in [-0.3, -0.25) is 19.2 Å². The Morgan fingerprint density at radius 2 is 1.56 bits per heavy atom. The van der Waals surface area contributed by atoms with Gasteiger partial charge in [-0.2, -0.15) is 0 Å². The predicted molar refractivity (Wildman–Crippen MR) is 121 cm³/mol. The molecule has 8 N–H and O–H groups in total. The normalized spacial score (nSPS) is 13.4. The number of aromatic hydroxyl groups is 1. The van der Waals surface area contributed by atoms with Gasteiger partial charge in [0.15, 0.2) is 0 Å². The van der Waals surface area contributed by atoms with E-state index in [-0.39, 0.29) is 24.5 Å². The number of carboxylic acid groups (broad SMARTS) is 2. The van der Waals surface area contributed by atoms with E-state index in [1.807, 2.05) is 13.8 Å². The second kappa shape index (κ2) is 13.8. The van der Waals surface area contributed by atoms with Crippen LogP contribution in [-0.4, -0.2) is 69.7 Å². The molecule has 12 heteroatoms. The second-order valence-electron chi connectivity index (χ2n) is 8.28. The van der Waals surface area contributed by atoms with E-state index in [2.05, 4.69) is 16.0 Å². The summed E-state index contributed by atoms with van der Waals surface area (Å²) in [6, 6.07) is 2.31. The number of aliphatic carboxylic acids is 2. The van der Waals surface area contributed by atoms with Crippen molar-refractivity contribution in [1.82, 2.24) is 16.0 Å². The largest absolute Gasteiger partial charge is 0.508 e. The van der Waals surface area contributed by atoms with E-state index in [4.69, 9.17) is 10.8 Å². The quantitative estimate of drug-likeness (QED) is 0.180. The van der Waals surface area contributed by atoms with Crippen molar-refractivity contribution >= 4 is 29.7 Å². The maximum absolute atomic E-state index is 12.8. The molecule has 0 bridgehead atoms. The number of nitrogens with two attached hydrogens (primary N) is 1. The highest BCUT2D eigenvalue weighted by Crippen LogP contribution is 2.12. The summed E-state index contributed by atoms with van der Waals surface area (Å²) < 4.78 is 0. The highest BCUT2D eigenvalue weighted by Gasteiger charge is 2.27. The summed E-state index contributed by atoms with van der Waals surface area (Å²) in [6.45, 7) is 3.34. The van der Waals surface area contributed by atoms with Crippen LogP contribution in [0.5, 0.6) is 5.75 Å². The lowest BCUT2D eigenvalue weighted by atomic mass is 10.0. The van der Waals surface area contributed by atoms with Gasteiger partial charge in [0, 0.05) is 12.8 Å². The molecule has 188 valence electrons. The first-order valence-corrected chi connectivity index (χ1v) is 10.7. The van der Waals surface area contributed by atoms with Crippen molar-refractivity contribution in [1.29, 1.82) is 0 Å². The highest BCUT2D eigenvalue weighted by atomic mass is 16.4. The van der Waals surface area contributed by atoms with E-state index < -0.39 is 60.8 Å². The molecule has 0 saturated carbocycles. The number of phenolic OH excluding ortho intramolecular Hbond substituents is 1. The van der Waals surface area contributed by atoms with Gasteiger partial charge in [-0.15, -0.1) is 0 Å². The molecule has 3 unspecified atom stereocenters. The lowest BCUT2D eigenvalue weighted by Crippen LogP contribution is -2.54. The number of phenols is 1. The number of nitrogens with one attached hydrogen (secondary N) is 3. The molecule has 12 nitrogen and oxygen atoms in total. The van der Waals surface area contributed by atoms with Crippen molar-refractivity contribution in [3.63, 3.8) is 0 Å². The van der Waals surface area contributed by atoms with E-state index in [1.54, 1.807) is 0 Å². The maximum Gasteiger partial charge on any atom is 0.326 e. The Morgan fingerprint density at radius 3 is 2.09 bits per heavy atom. The summed E-state index contributed by atoms with van der Waals surface area (Å²) in [5.41, 5.74) is 6.33. The molecule has 0 spiro atoms. The fourth-order valence-electron chi connectivity index (χ4n) is 3.03. The second-order valence-corrected chi connectivity index (χ2v) is 8.28.